The topological polar surface area (TPSA) is 69.0 Å². The SMILES string of the molecule is CN1CCc2nc(SCC(=O)Nc3ccc(Cl)cc3)c(C#N)c(-c3ccsc3)c2C1. The molecule has 1 amide bonds. The summed E-state index contributed by atoms with van der Waals surface area (Å²) in [4.78, 5) is 19.5. The largest absolute Gasteiger partial charge is 0.325 e. The first kappa shape index (κ1) is 20.9. The lowest BCUT2D eigenvalue weighted by Crippen LogP contribution is -2.28. The fraction of sp³-hybridized carbons (Fsp3) is 0.227. The number of halogens is 1. The van der Waals surface area contributed by atoms with E-state index in [2.05, 4.69) is 28.7 Å². The zero-order valence-electron chi connectivity index (χ0n) is 16.3. The number of carbonyl (C=O) groups is 1. The Labute approximate surface area is 188 Å². The molecule has 0 bridgehead atoms. The maximum Gasteiger partial charge on any atom is 0.234 e. The molecule has 0 saturated carbocycles. The summed E-state index contributed by atoms with van der Waals surface area (Å²) in [6, 6.07) is 11.4. The predicted molar refractivity (Wildman–Crippen MR) is 123 cm³/mol. The van der Waals surface area contributed by atoms with E-state index in [0.717, 1.165) is 41.9 Å². The lowest BCUT2D eigenvalue weighted by atomic mass is 9.93. The van der Waals surface area contributed by atoms with Crippen molar-refractivity contribution in [2.75, 3.05) is 24.7 Å². The molecule has 0 saturated heterocycles. The summed E-state index contributed by atoms with van der Waals surface area (Å²) in [5.41, 5.74) is 5.37. The summed E-state index contributed by atoms with van der Waals surface area (Å²) >= 11 is 8.80. The Kier molecular flexibility index (Phi) is 6.40. The summed E-state index contributed by atoms with van der Waals surface area (Å²) in [6.07, 6.45) is 0.833. The number of anilines is 1. The van der Waals surface area contributed by atoms with Gasteiger partial charge in [-0.25, -0.2) is 4.98 Å². The maximum atomic E-state index is 12.4. The van der Waals surface area contributed by atoms with Gasteiger partial charge in [-0.05, 0) is 59.3 Å². The van der Waals surface area contributed by atoms with Crippen molar-refractivity contribution < 1.29 is 4.79 Å². The van der Waals surface area contributed by atoms with Gasteiger partial charge >= 0.3 is 0 Å². The molecule has 0 unspecified atom stereocenters. The van der Waals surface area contributed by atoms with Crippen molar-refractivity contribution in [3.8, 4) is 17.2 Å². The number of pyridine rings is 1. The third-order valence-corrected chi connectivity index (χ3v) is 6.81. The van der Waals surface area contributed by atoms with E-state index >= 15 is 0 Å². The molecule has 3 heterocycles. The summed E-state index contributed by atoms with van der Waals surface area (Å²) in [5, 5.41) is 18.1. The summed E-state index contributed by atoms with van der Waals surface area (Å²) < 4.78 is 0. The molecule has 1 N–H and O–H groups in total. The monoisotopic (exact) mass is 454 g/mol. The van der Waals surface area contributed by atoms with E-state index in [-0.39, 0.29) is 11.7 Å². The highest BCUT2D eigenvalue weighted by atomic mass is 35.5. The number of fused-ring (bicyclic) bond motifs is 1. The smallest absolute Gasteiger partial charge is 0.234 e. The fourth-order valence-electron chi connectivity index (χ4n) is 3.47. The van der Waals surface area contributed by atoms with Crippen LogP contribution in [0.25, 0.3) is 11.1 Å². The van der Waals surface area contributed by atoms with Crippen LogP contribution in [0.5, 0.6) is 0 Å². The first-order valence-electron chi connectivity index (χ1n) is 9.40. The number of rotatable bonds is 5. The number of amides is 1. The third-order valence-electron chi connectivity index (χ3n) is 4.90. The van der Waals surface area contributed by atoms with Gasteiger partial charge in [0.2, 0.25) is 5.91 Å². The first-order chi connectivity index (χ1) is 14.5. The second kappa shape index (κ2) is 9.19. The van der Waals surface area contributed by atoms with Crippen LogP contribution in [0.3, 0.4) is 0 Å². The molecule has 3 aromatic rings. The second-order valence-electron chi connectivity index (χ2n) is 7.05. The van der Waals surface area contributed by atoms with Gasteiger partial charge in [-0.2, -0.15) is 16.6 Å². The van der Waals surface area contributed by atoms with Crippen LogP contribution in [-0.4, -0.2) is 35.1 Å². The van der Waals surface area contributed by atoms with Gasteiger partial charge in [0.25, 0.3) is 0 Å². The Morgan fingerprint density at radius 3 is 2.87 bits per heavy atom. The highest BCUT2D eigenvalue weighted by molar-refractivity contribution is 8.00. The van der Waals surface area contributed by atoms with Crippen LogP contribution >= 0.6 is 34.7 Å². The van der Waals surface area contributed by atoms with E-state index in [1.807, 2.05) is 11.4 Å². The highest BCUT2D eigenvalue weighted by Crippen LogP contribution is 2.37. The standard InChI is InChI=1S/C22H19ClN4OS2/c1-27-8-6-19-18(11-27)21(14-7-9-29-12-14)17(10-24)22(26-19)30-13-20(28)25-16-4-2-15(23)3-5-16/h2-5,7,9,12H,6,8,11,13H2,1H3,(H,25,28). The van der Waals surface area contributed by atoms with Crippen molar-refractivity contribution in [2.24, 2.45) is 0 Å². The normalized spacial score (nSPS) is 13.5. The van der Waals surface area contributed by atoms with Crippen LogP contribution in [0, 0.1) is 11.3 Å². The predicted octanol–water partition coefficient (Wildman–Crippen LogP) is 5.05. The molecule has 2 aromatic heterocycles. The van der Waals surface area contributed by atoms with E-state index in [4.69, 9.17) is 16.6 Å². The number of aromatic nitrogens is 1. The summed E-state index contributed by atoms with van der Waals surface area (Å²) in [6.45, 7) is 1.69. The van der Waals surface area contributed by atoms with Crippen LogP contribution in [-0.2, 0) is 17.8 Å². The van der Waals surface area contributed by atoms with E-state index in [0.29, 0.717) is 21.3 Å². The van der Waals surface area contributed by atoms with E-state index in [9.17, 15) is 10.1 Å². The van der Waals surface area contributed by atoms with E-state index in [1.54, 1.807) is 35.6 Å². The van der Waals surface area contributed by atoms with Crippen molar-refractivity contribution in [3.05, 3.63) is 62.9 Å². The molecule has 0 fully saturated rings. The zero-order chi connectivity index (χ0) is 21.1. The zero-order valence-corrected chi connectivity index (χ0v) is 18.7. The van der Waals surface area contributed by atoms with Gasteiger partial charge in [0.15, 0.2) is 0 Å². The highest BCUT2D eigenvalue weighted by Gasteiger charge is 2.25. The van der Waals surface area contributed by atoms with Crippen LogP contribution in [0.2, 0.25) is 5.02 Å². The lowest BCUT2D eigenvalue weighted by Gasteiger charge is -2.27. The lowest BCUT2D eigenvalue weighted by molar-refractivity contribution is -0.113. The molecule has 4 rings (SSSR count). The molecule has 0 aliphatic carbocycles. The van der Waals surface area contributed by atoms with E-state index in [1.165, 1.54) is 11.8 Å². The number of hydrogen-bond acceptors (Lipinski definition) is 6. The number of nitrogens with zero attached hydrogens (tertiary/aromatic N) is 3. The number of benzene rings is 1. The Hall–Kier alpha value is -2.37. The molecule has 30 heavy (non-hydrogen) atoms. The molecular weight excluding hydrogens is 436 g/mol. The number of nitrogens with one attached hydrogen (secondary N) is 1. The number of thiophene rings is 1. The average Bonchev–Trinajstić information content (AvgIpc) is 3.27. The van der Waals surface area contributed by atoms with Crippen LogP contribution < -0.4 is 5.32 Å². The minimum Gasteiger partial charge on any atom is -0.325 e. The molecule has 1 aromatic carbocycles. The van der Waals surface area contributed by atoms with E-state index < -0.39 is 0 Å². The maximum absolute atomic E-state index is 12.4. The molecule has 1 aliphatic heterocycles. The van der Waals surface area contributed by atoms with Crippen molar-refractivity contribution in [3.63, 3.8) is 0 Å². The van der Waals surface area contributed by atoms with Crippen molar-refractivity contribution in [2.45, 2.75) is 18.0 Å². The Balaban J connectivity index is 1.62. The minimum absolute atomic E-state index is 0.150. The molecule has 8 heteroatoms. The molecule has 0 radical (unpaired) electrons. The molecule has 0 atom stereocenters. The van der Waals surface area contributed by atoms with Gasteiger partial charge in [0, 0.05) is 41.5 Å². The van der Waals surface area contributed by atoms with Crippen LogP contribution in [0.15, 0.2) is 46.1 Å². The molecule has 1 aliphatic rings. The molecule has 0 spiro atoms. The van der Waals surface area contributed by atoms with Gasteiger partial charge in [0.05, 0.1) is 11.3 Å². The number of likely N-dealkylation sites (N-methyl/N-ethyl adjacent to an activating group) is 1. The van der Waals surface area contributed by atoms with Gasteiger partial charge in [-0.15, -0.1) is 0 Å². The summed E-state index contributed by atoms with van der Waals surface area (Å²) in [5.74, 6) is 0.0223. The number of hydrogen-bond donors (Lipinski definition) is 1. The van der Waals surface area contributed by atoms with Gasteiger partial charge in [-0.3, -0.25) is 4.79 Å². The molecular formula is C22H19ClN4OS2. The molecule has 5 nitrogen and oxygen atoms in total. The number of thioether (sulfide) groups is 1. The van der Waals surface area contributed by atoms with Gasteiger partial charge < -0.3 is 10.2 Å². The summed E-state index contributed by atoms with van der Waals surface area (Å²) in [7, 11) is 2.08. The Morgan fingerprint density at radius 1 is 1.37 bits per heavy atom. The quantitative estimate of drug-likeness (QED) is 0.546. The minimum atomic E-state index is -0.150. The third kappa shape index (κ3) is 4.52. The second-order valence-corrected chi connectivity index (χ2v) is 9.23. The fourth-order valence-corrected chi connectivity index (χ4v) is 5.05. The van der Waals surface area contributed by atoms with Crippen molar-refractivity contribution in [1.82, 2.24) is 9.88 Å². The van der Waals surface area contributed by atoms with Crippen molar-refractivity contribution >= 4 is 46.3 Å². The van der Waals surface area contributed by atoms with Gasteiger partial charge in [-0.1, -0.05) is 23.4 Å². The number of carbonyl (C=O) groups excluding carboxylic acids is 1. The Bertz CT molecular complexity index is 1110. The van der Waals surface area contributed by atoms with Crippen molar-refractivity contribution in [1.29, 1.82) is 5.26 Å². The molecule has 152 valence electrons. The number of nitriles is 1. The Morgan fingerprint density at radius 2 is 2.17 bits per heavy atom. The first-order valence-corrected chi connectivity index (χ1v) is 11.7. The average molecular weight is 455 g/mol. The van der Waals surface area contributed by atoms with Crippen LogP contribution in [0.1, 0.15) is 16.8 Å². The van der Waals surface area contributed by atoms with Gasteiger partial charge in [0.1, 0.15) is 11.1 Å². The van der Waals surface area contributed by atoms with Crippen LogP contribution in [0.4, 0.5) is 5.69 Å².